The minimum absolute atomic E-state index is 0.0214. The Morgan fingerprint density at radius 1 is 1.32 bits per heavy atom. The van der Waals surface area contributed by atoms with E-state index in [0.29, 0.717) is 19.3 Å². The number of hydrogen-bond donors (Lipinski definition) is 2. The minimum atomic E-state index is -0.715. The van der Waals surface area contributed by atoms with Crippen LogP contribution in [0.25, 0.3) is 0 Å². The standard InChI is InChI=1S/C13H16BrNO3S/c14-11-6-5-10(19-11)7-12(16)15-9-3-1-8(2-4-9)13(17)18/h5-6,8-9H,1-4,7H2,(H,15,16)(H,17,18). The number of hydrogen-bond acceptors (Lipinski definition) is 3. The van der Waals surface area contributed by atoms with Gasteiger partial charge in [-0.2, -0.15) is 0 Å². The fraction of sp³-hybridized carbons (Fsp3) is 0.538. The van der Waals surface area contributed by atoms with Crippen molar-refractivity contribution in [2.45, 2.75) is 38.1 Å². The van der Waals surface area contributed by atoms with Crippen LogP contribution in [-0.2, 0) is 16.0 Å². The van der Waals surface area contributed by atoms with Gasteiger partial charge in [-0.25, -0.2) is 0 Å². The summed E-state index contributed by atoms with van der Waals surface area (Å²) in [5.74, 6) is -0.928. The number of nitrogens with one attached hydrogen (secondary N) is 1. The molecule has 2 rings (SSSR count). The van der Waals surface area contributed by atoms with E-state index in [0.717, 1.165) is 21.5 Å². The van der Waals surface area contributed by atoms with Gasteiger partial charge in [0.05, 0.1) is 16.1 Å². The Balaban J connectivity index is 1.76. The highest BCUT2D eigenvalue weighted by atomic mass is 79.9. The van der Waals surface area contributed by atoms with Gasteiger partial charge in [0.2, 0.25) is 5.91 Å². The number of amides is 1. The zero-order valence-electron chi connectivity index (χ0n) is 10.4. The molecule has 1 fully saturated rings. The Labute approximate surface area is 124 Å². The molecule has 1 amide bonds. The van der Waals surface area contributed by atoms with Crippen LogP contribution in [0.4, 0.5) is 0 Å². The molecule has 0 aliphatic heterocycles. The van der Waals surface area contributed by atoms with Gasteiger partial charge in [-0.3, -0.25) is 9.59 Å². The molecule has 0 atom stereocenters. The summed E-state index contributed by atoms with van der Waals surface area (Å²) in [6.45, 7) is 0. The van der Waals surface area contributed by atoms with Crippen molar-refractivity contribution < 1.29 is 14.7 Å². The van der Waals surface area contributed by atoms with Gasteiger partial charge in [-0.15, -0.1) is 11.3 Å². The van der Waals surface area contributed by atoms with E-state index in [9.17, 15) is 9.59 Å². The lowest BCUT2D eigenvalue weighted by Crippen LogP contribution is -2.39. The molecular formula is C13H16BrNO3S. The molecule has 1 heterocycles. The van der Waals surface area contributed by atoms with Crippen molar-refractivity contribution in [3.63, 3.8) is 0 Å². The first-order valence-electron chi connectivity index (χ1n) is 6.31. The molecule has 0 radical (unpaired) electrons. The van der Waals surface area contributed by atoms with E-state index in [1.165, 1.54) is 0 Å². The fourth-order valence-electron chi connectivity index (χ4n) is 2.37. The van der Waals surface area contributed by atoms with E-state index in [2.05, 4.69) is 21.2 Å². The Morgan fingerprint density at radius 2 is 2.00 bits per heavy atom. The van der Waals surface area contributed by atoms with Crippen LogP contribution in [0.1, 0.15) is 30.6 Å². The molecular weight excluding hydrogens is 330 g/mol. The molecule has 6 heteroatoms. The molecule has 0 aromatic carbocycles. The van der Waals surface area contributed by atoms with Crippen molar-refractivity contribution in [2.75, 3.05) is 0 Å². The second-order valence-corrected chi connectivity index (χ2v) is 7.38. The summed E-state index contributed by atoms with van der Waals surface area (Å²) in [5.41, 5.74) is 0. The van der Waals surface area contributed by atoms with E-state index in [4.69, 9.17) is 5.11 Å². The highest BCUT2D eigenvalue weighted by molar-refractivity contribution is 9.11. The zero-order chi connectivity index (χ0) is 13.8. The van der Waals surface area contributed by atoms with Crippen molar-refractivity contribution in [3.8, 4) is 0 Å². The molecule has 4 nitrogen and oxygen atoms in total. The number of carboxylic acid groups (broad SMARTS) is 1. The topological polar surface area (TPSA) is 66.4 Å². The summed E-state index contributed by atoms with van der Waals surface area (Å²) in [6, 6.07) is 4.01. The van der Waals surface area contributed by atoms with Crippen LogP contribution in [0.5, 0.6) is 0 Å². The second-order valence-electron chi connectivity index (χ2n) is 4.84. The van der Waals surface area contributed by atoms with Crippen LogP contribution >= 0.6 is 27.3 Å². The maximum atomic E-state index is 11.9. The van der Waals surface area contributed by atoms with Crippen LogP contribution in [-0.4, -0.2) is 23.0 Å². The first-order chi connectivity index (χ1) is 9.04. The molecule has 1 aromatic rings. The molecule has 104 valence electrons. The van der Waals surface area contributed by atoms with Crippen molar-refractivity contribution in [1.29, 1.82) is 0 Å². The van der Waals surface area contributed by atoms with Crippen LogP contribution < -0.4 is 5.32 Å². The Morgan fingerprint density at radius 3 is 2.53 bits per heavy atom. The van der Waals surface area contributed by atoms with Crippen LogP contribution in [0.2, 0.25) is 0 Å². The average molecular weight is 346 g/mol. The van der Waals surface area contributed by atoms with Crippen molar-refractivity contribution in [3.05, 3.63) is 20.8 Å². The van der Waals surface area contributed by atoms with Gasteiger partial charge >= 0.3 is 5.97 Å². The first kappa shape index (κ1) is 14.5. The number of carbonyl (C=O) groups excluding carboxylic acids is 1. The molecule has 0 unspecified atom stereocenters. The van der Waals surface area contributed by atoms with Gasteiger partial charge in [0.15, 0.2) is 0 Å². The van der Waals surface area contributed by atoms with Crippen molar-refractivity contribution in [2.24, 2.45) is 5.92 Å². The SMILES string of the molecule is O=C(Cc1ccc(Br)s1)NC1CCC(C(=O)O)CC1. The summed E-state index contributed by atoms with van der Waals surface area (Å²) in [4.78, 5) is 23.7. The maximum Gasteiger partial charge on any atom is 0.306 e. The summed E-state index contributed by atoms with van der Waals surface area (Å²) >= 11 is 4.93. The third-order valence-electron chi connectivity index (χ3n) is 3.41. The van der Waals surface area contributed by atoms with Crippen LogP contribution in [0.3, 0.4) is 0 Å². The van der Waals surface area contributed by atoms with E-state index in [-0.39, 0.29) is 17.9 Å². The smallest absolute Gasteiger partial charge is 0.306 e. The third kappa shape index (κ3) is 4.31. The molecule has 0 saturated heterocycles. The van der Waals surface area contributed by atoms with Gasteiger partial charge in [0.1, 0.15) is 0 Å². The number of thiophene rings is 1. The molecule has 1 saturated carbocycles. The van der Waals surface area contributed by atoms with Gasteiger partial charge in [0.25, 0.3) is 0 Å². The Kier molecular flexibility index (Phi) is 4.99. The number of rotatable bonds is 4. The molecule has 0 spiro atoms. The predicted molar refractivity (Wildman–Crippen MR) is 77.2 cm³/mol. The van der Waals surface area contributed by atoms with Crippen LogP contribution in [0.15, 0.2) is 15.9 Å². The first-order valence-corrected chi connectivity index (χ1v) is 7.92. The highest BCUT2D eigenvalue weighted by Gasteiger charge is 2.26. The summed E-state index contributed by atoms with van der Waals surface area (Å²) in [5, 5.41) is 11.9. The van der Waals surface area contributed by atoms with E-state index in [1.807, 2.05) is 12.1 Å². The summed E-state index contributed by atoms with van der Waals surface area (Å²) in [7, 11) is 0. The van der Waals surface area contributed by atoms with Gasteiger partial charge < -0.3 is 10.4 Å². The van der Waals surface area contributed by atoms with Crippen LogP contribution in [0, 0.1) is 5.92 Å². The maximum absolute atomic E-state index is 11.9. The molecule has 1 aliphatic rings. The second kappa shape index (κ2) is 6.52. The molecule has 19 heavy (non-hydrogen) atoms. The lowest BCUT2D eigenvalue weighted by molar-refractivity contribution is -0.142. The fourth-order valence-corrected chi connectivity index (χ4v) is 3.85. The zero-order valence-corrected chi connectivity index (χ0v) is 12.8. The average Bonchev–Trinajstić information content (AvgIpc) is 2.75. The number of carboxylic acids is 1. The van der Waals surface area contributed by atoms with E-state index < -0.39 is 5.97 Å². The summed E-state index contributed by atoms with van der Waals surface area (Å²) in [6.07, 6.45) is 3.23. The van der Waals surface area contributed by atoms with E-state index in [1.54, 1.807) is 11.3 Å². The number of halogens is 1. The normalized spacial score (nSPS) is 23.0. The lowest BCUT2D eigenvalue weighted by atomic mass is 9.86. The lowest BCUT2D eigenvalue weighted by Gasteiger charge is -2.26. The number of aliphatic carboxylic acids is 1. The molecule has 0 bridgehead atoms. The highest BCUT2D eigenvalue weighted by Crippen LogP contribution is 2.25. The molecule has 1 aliphatic carbocycles. The van der Waals surface area contributed by atoms with Crippen molar-refractivity contribution in [1.82, 2.24) is 5.32 Å². The minimum Gasteiger partial charge on any atom is -0.481 e. The Hall–Kier alpha value is -0.880. The number of carbonyl (C=O) groups is 2. The predicted octanol–water partition coefficient (Wildman–Crippen LogP) is 2.81. The largest absolute Gasteiger partial charge is 0.481 e. The quantitative estimate of drug-likeness (QED) is 0.881. The van der Waals surface area contributed by atoms with E-state index >= 15 is 0 Å². The third-order valence-corrected chi connectivity index (χ3v) is 5.03. The van der Waals surface area contributed by atoms with Gasteiger partial charge in [-0.1, -0.05) is 0 Å². The molecule has 1 aromatic heterocycles. The molecule has 2 N–H and O–H groups in total. The van der Waals surface area contributed by atoms with Gasteiger partial charge in [-0.05, 0) is 53.7 Å². The monoisotopic (exact) mass is 345 g/mol. The van der Waals surface area contributed by atoms with Gasteiger partial charge in [0, 0.05) is 10.9 Å². The summed E-state index contributed by atoms with van der Waals surface area (Å²) < 4.78 is 1.03. The van der Waals surface area contributed by atoms with Crippen molar-refractivity contribution >= 4 is 39.1 Å². The Bertz CT molecular complexity index is 466.